The summed E-state index contributed by atoms with van der Waals surface area (Å²) in [6, 6.07) is 4.51. The van der Waals surface area contributed by atoms with Gasteiger partial charge in [0.05, 0.1) is 26.8 Å². The maximum absolute atomic E-state index is 12.9. The highest BCUT2D eigenvalue weighted by molar-refractivity contribution is 5.74. The van der Waals surface area contributed by atoms with Gasteiger partial charge in [0.1, 0.15) is 17.3 Å². The molecule has 26 heavy (non-hydrogen) atoms. The fourth-order valence-electron chi connectivity index (χ4n) is 2.48. The summed E-state index contributed by atoms with van der Waals surface area (Å²) < 4.78 is 37.0. The molecule has 0 aliphatic rings. The molecule has 0 bridgehead atoms. The van der Waals surface area contributed by atoms with Crippen molar-refractivity contribution in [3.05, 3.63) is 42.0 Å². The van der Waals surface area contributed by atoms with E-state index in [0.29, 0.717) is 11.5 Å². The van der Waals surface area contributed by atoms with Gasteiger partial charge in [-0.1, -0.05) is 0 Å². The molecule has 7 nitrogen and oxygen atoms in total. The van der Waals surface area contributed by atoms with Crippen LogP contribution in [-0.2, 0) is 6.54 Å². The van der Waals surface area contributed by atoms with Gasteiger partial charge in [0.25, 0.3) is 0 Å². The molecule has 0 aliphatic carbocycles. The van der Waals surface area contributed by atoms with Crippen LogP contribution < -0.4 is 14.8 Å². The highest BCUT2D eigenvalue weighted by Gasteiger charge is 2.19. The molecule has 1 atom stereocenters. The van der Waals surface area contributed by atoms with Crippen molar-refractivity contribution in [1.82, 2.24) is 19.8 Å². The lowest BCUT2D eigenvalue weighted by molar-refractivity contribution is 0.0650. The van der Waals surface area contributed by atoms with Gasteiger partial charge in [-0.25, -0.2) is 9.78 Å². The Labute approximate surface area is 150 Å². The van der Waals surface area contributed by atoms with E-state index < -0.39 is 12.6 Å². The van der Waals surface area contributed by atoms with E-state index in [0.717, 1.165) is 10.1 Å². The van der Waals surface area contributed by atoms with Crippen molar-refractivity contribution in [2.24, 2.45) is 0 Å². The molecule has 1 aromatic heterocycles. The van der Waals surface area contributed by atoms with Gasteiger partial charge in [0.15, 0.2) is 0 Å². The Bertz CT molecular complexity index is 751. The van der Waals surface area contributed by atoms with Crippen molar-refractivity contribution in [2.45, 2.75) is 26.1 Å². The number of methoxy groups -OCH3 is 2. The number of urea groups is 1. The summed E-state index contributed by atoms with van der Waals surface area (Å²) in [6.07, 6.45) is 2.45. The van der Waals surface area contributed by atoms with Crippen molar-refractivity contribution in [3.8, 4) is 11.5 Å². The zero-order valence-corrected chi connectivity index (χ0v) is 15.1. The standard InChI is InChI=1S/C17H22F2N4O3/c1-11(13-6-5-12(25-3)9-14(13)26-4)21-17(24)22(2)10-15-20-7-8-23(15)16(18)19/h5-9,11,16H,10H2,1-4H3,(H,21,24). The highest BCUT2D eigenvalue weighted by Crippen LogP contribution is 2.29. The molecule has 0 fully saturated rings. The topological polar surface area (TPSA) is 68.6 Å². The minimum Gasteiger partial charge on any atom is -0.497 e. The Balaban J connectivity index is 2.05. The third-order valence-corrected chi connectivity index (χ3v) is 3.93. The number of amides is 2. The lowest BCUT2D eigenvalue weighted by Crippen LogP contribution is -2.38. The van der Waals surface area contributed by atoms with E-state index in [2.05, 4.69) is 10.3 Å². The summed E-state index contributed by atoms with van der Waals surface area (Å²) >= 11 is 0. The lowest BCUT2D eigenvalue weighted by Gasteiger charge is -2.23. The summed E-state index contributed by atoms with van der Waals surface area (Å²) in [7, 11) is 4.60. The fraction of sp³-hybridized carbons (Fsp3) is 0.412. The second-order valence-corrected chi connectivity index (χ2v) is 5.66. The molecule has 2 amide bonds. The van der Waals surface area contributed by atoms with Gasteiger partial charge in [0.2, 0.25) is 0 Å². The quantitative estimate of drug-likeness (QED) is 0.815. The monoisotopic (exact) mass is 368 g/mol. The van der Waals surface area contributed by atoms with E-state index in [1.165, 1.54) is 31.5 Å². The average Bonchev–Trinajstić information content (AvgIpc) is 3.09. The molecule has 0 spiro atoms. The van der Waals surface area contributed by atoms with E-state index in [1.807, 2.05) is 0 Å². The van der Waals surface area contributed by atoms with Gasteiger partial charge in [-0.2, -0.15) is 8.78 Å². The molecule has 142 valence electrons. The number of rotatable bonds is 7. The molecule has 0 aliphatic heterocycles. The average molecular weight is 368 g/mol. The summed E-state index contributed by atoms with van der Waals surface area (Å²) in [5.74, 6) is 1.32. The summed E-state index contributed by atoms with van der Waals surface area (Å²) in [6.45, 7) is -0.947. The lowest BCUT2D eigenvalue weighted by atomic mass is 10.1. The Morgan fingerprint density at radius 2 is 2.08 bits per heavy atom. The number of imidazole rings is 1. The van der Waals surface area contributed by atoms with Crippen LogP contribution >= 0.6 is 0 Å². The van der Waals surface area contributed by atoms with Crippen LogP contribution in [0.3, 0.4) is 0 Å². The Morgan fingerprint density at radius 3 is 2.69 bits per heavy atom. The van der Waals surface area contributed by atoms with Crippen molar-refractivity contribution >= 4 is 6.03 Å². The second-order valence-electron chi connectivity index (χ2n) is 5.66. The zero-order chi connectivity index (χ0) is 19.3. The molecule has 2 rings (SSSR count). The Kier molecular flexibility index (Phi) is 6.37. The molecule has 1 N–H and O–H groups in total. The van der Waals surface area contributed by atoms with Crippen LogP contribution in [0.5, 0.6) is 11.5 Å². The first-order valence-corrected chi connectivity index (χ1v) is 7.90. The van der Waals surface area contributed by atoms with Crippen molar-refractivity contribution in [3.63, 3.8) is 0 Å². The second kappa shape index (κ2) is 8.50. The fourth-order valence-corrected chi connectivity index (χ4v) is 2.48. The molecular formula is C17H22F2N4O3. The number of ether oxygens (including phenoxy) is 2. The van der Waals surface area contributed by atoms with Crippen LogP contribution in [0.1, 0.15) is 30.9 Å². The Hall–Kier alpha value is -2.84. The minimum atomic E-state index is -2.70. The first kappa shape index (κ1) is 19.5. The van der Waals surface area contributed by atoms with Crippen LogP contribution in [-0.4, -0.2) is 41.7 Å². The van der Waals surface area contributed by atoms with Gasteiger partial charge >= 0.3 is 12.6 Å². The van der Waals surface area contributed by atoms with Crippen LogP contribution in [0.25, 0.3) is 0 Å². The molecule has 1 unspecified atom stereocenters. The maximum atomic E-state index is 12.9. The van der Waals surface area contributed by atoms with Crippen LogP contribution in [0.4, 0.5) is 13.6 Å². The minimum absolute atomic E-state index is 0.0460. The molecule has 0 radical (unpaired) electrons. The van der Waals surface area contributed by atoms with Crippen LogP contribution in [0, 0.1) is 0 Å². The summed E-state index contributed by atoms with van der Waals surface area (Å²) in [4.78, 5) is 17.5. The third-order valence-electron chi connectivity index (χ3n) is 3.93. The maximum Gasteiger partial charge on any atom is 0.319 e. The molecule has 2 aromatic rings. The largest absolute Gasteiger partial charge is 0.497 e. The smallest absolute Gasteiger partial charge is 0.319 e. The molecule has 1 heterocycles. The zero-order valence-electron chi connectivity index (χ0n) is 15.1. The first-order chi connectivity index (χ1) is 12.4. The number of nitrogens with one attached hydrogen (secondary N) is 1. The number of nitrogens with zero attached hydrogens (tertiary/aromatic N) is 3. The van der Waals surface area contributed by atoms with E-state index in [-0.39, 0.29) is 18.4 Å². The normalized spacial score (nSPS) is 12.0. The van der Waals surface area contributed by atoms with Crippen LogP contribution in [0.15, 0.2) is 30.6 Å². The third kappa shape index (κ3) is 4.41. The summed E-state index contributed by atoms with van der Waals surface area (Å²) in [5, 5.41) is 2.81. The molecule has 9 heteroatoms. The number of hydrogen-bond donors (Lipinski definition) is 1. The number of carbonyl (C=O) groups is 1. The van der Waals surface area contributed by atoms with E-state index in [9.17, 15) is 13.6 Å². The first-order valence-electron chi connectivity index (χ1n) is 7.90. The van der Waals surface area contributed by atoms with Crippen molar-refractivity contribution in [1.29, 1.82) is 0 Å². The van der Waals surface area contributed by atoms with E-state index >= 15 is 0 Å². The van der Waals surface area contributed by atoms with Crippen molar-refractivity contribution in [2.75, 3.05) is 21.3 Å². The highest BCUT2D eigenvalue weighted by atomic mass is 19.3. The SMILES string of the molecule is COc1ccc(C(C)NC(=O)N(C)Cc2nccn2C(F)F)c(OC)c1. The number of hydrogen-bond acceptors (Lipinski definition) is 4. The molecular weight excluding hydrogens is 346 g/mol. The van der Waals surface area contributed by atoms with E-state index in [4.69, 9.17) is 9.47 Å². The number of benzene rings is 1. The van der Waals surface area contributed by atoms with E-state index in [1.54, 1.807) is 32.2 Å². The van der Waals surface area contributed by atoms with Gasteiger partial charge < -0.3 is 19.7 Å². The number of aromatic nitrogens is 2. The van der Waals surface area contributed by atoms with Gasteiger partial charge in [-0.15, -0.1) is 0 Å². The Morgan fingerprint density at radius 1 is 1.35 bits per heavy atom. The predicted molar refractivity (Wildman–Crippen MR) is 91.4 cm³/mol. The molecule has 0 saturated carbocycles. The molecule has 1 aromatic carbocycles. The summed E-state index contributed by atoms with van der Waals surface area (Å²) in [5.41, 5.74) is 0.768. The van der Waals surface area contributed by atoms with Gasteiger partial charge in [-0.05, 0) is 19.1 Å². The number of alkyl halides is 2. The predicted octanol–water partition coefficient (Wildman–Crippen LogP) is 3.20. The molecule has 0 saturated heterocycles. The number of halogens is 2. The van der Waals surface area contributed by atoms with Crippen molar-refractivity contribution < 1.29 is 23.0 Å². The number of carbonyl (C=O) groups excluding carboxylic acids is 1. The van der Waals surface area contributed by atoms with Crippen LogP contribution in [0.2, 0.25) is 0 Å². The van der Waals surface area contributed by atoms with Gasteiger partial charge in [0, 0.05) is 31.1 Å². The van der Waals surface area contributed by atoms with Gasteiger partial charge in [-0.3, -0.25) is 4.57 Å².